The van der Waals surface area contributed by atoms with Gasteiger partial charge in [0.1, 0.15) is 0 Å². The number of rotatable bonds is 2. The van der Waals surface area contributed by atoms with Crippen LogP contribution in [0.2, 0.25) is 0 Å². The lowest BCUT2D eigenvalue weighted by Crippen LogP contribution is -2.59. The van der Waals surface area contributed by atoms with E-state index < -0.39 is 0 Å². The van der Waals surface area contributed by atoms with Crippen LogP contribution < -0.4 is 16.0 Å². The van der Waals surface area contributed by atoms with E-state index >= 15 is 0 Å². The third-order valence-electron chi connectivity index (χ3n) is 3.23. The molecule has 0 bridgehead atoms. The van der Waals surface area contributed by atoms with E-state index in [0.717, 1.165) is 32.5 Å². The maximum Gasteiger partial charge on any atom is 0.224 e. The molecule has 1 amide bonds. The average molecular weight is 197 g/mol. The molecule has 2 rings (SSSR count). The Hall–Kier alpha value is -0.610. The van der Waals surface area contributed by atoms with E-state index in [4.69, 9.17) is 0 Å². The lowest BCUT2D eigenvalue weighted by Gasteiger charge is -2.33. The van der Waals surface area contributed by atoms with Crippen molar-refractivity contribution >= 4 is 5.91 Å². The van der Waals surface area contributed by atoms with Gasteiger partial charge >= 0.3 is 0 Å². The minimum Gasteiger partial charge on any atom is -0.351 e. The fourth-order valence-corrected chi connectivity index (χ4v) is 2.10. The predicted molar refractivity (Wildman–Crippen MR) is 55.0 cm³/mol. The molecule has 2 aliphatic heterocycles. The first-order valence-corrected chi connectivity index (χ1v) is 5.52. The summed E-state index contributed by atoms with van der Waals surface area (Å²) >= 11 is 0. The van der Waals surface area contributed by atoms with E-state index in [1.165, 1.54) is 0 Å². The number of carbonyl (C=O) groups is 1. The molecule has 0 aromatic rings. The van der Waals surface area contributed by atoms with Gasteiger partial charge in [0.15, 0.2) is 0 Å². The molecule has 4 heteroatoms. The van der Waals surface area contributed by atoms with Gasteiger partial charge in [0, 0.05) is 19.1 Å². The van der Waals surface area contributed by atoms with E-state index in [-0.39, 0.29) is 11.8 Å². The second kappa shape index (κ2) is 4.28. The summed E-state index contributed by atoms with van der Waals surface area (Å²) in [5.41, 5.74) is 0. The smallest absolute Gasteiger partial charge is 0.224 e. The van der Waals surface area contributed by atoms with Gasteiger partial charge in [-0.2, -0.15) is 0 Å². The molecule has 0 aliphatic carbocycles. The first-order valence-electron chi connectivity index (χ1n) is 5.52. The van der Waals surface area contributed by atoms with Crippen LogP contribution in [0, 0.1) is 5.92 Å². The van der Waals surface area contributed by atoms with Crippen molar-refractivity contribution in [3.8, 4) is 0 Å². The molecule has 0 radical (unpaired) electrons. The number of piperidine rings is 1. The average Bonchev–Trinajstić information content (AvgIpc) is 2.12. The van der Waals surface area contributed by atoms with Crippen molar-refractivity contribution in [3.63, 3.8) is 0 Å². The molecule has 80 valence electrons. The molecule has 0 aromatic carbocycles. The largest absolute Gasteiger partial charge is 0.351 e. The highest BCUT2D eigenvalue weighted by atomic mass is 16.2. The van der Waals surface area contributed by atoms with Gasteiger partial charge in [-0.3, -0.25) is 4.79 Å². The van der Waals surface area contributed by atoms with Gasteiger partial charge < -0.3 is 16.0 Å². The maximum absolute atomic E-state index is 11.8. The summed E-state index contributed by atoms with van der Waals surface area (Å²) in [4.78, 5) is 11.8. The number of hydrogen-bond donors (Lipinski definition) is 3. The summed E-state index contributed by atoms with van der Waals surface area (Å²) in [7, 11) is 0. The number of nitrogens with one attached hydrogen (secondary N) is 3. The highest BCUT2D eigenvalue weighted by Gasteiger charge is 2.29. The quantitative estimate of drug-likeness (QED) is 0.557. The Bertz CT molecular complexity index is 215. The number of amides is 1. The zero-order chi connectivity index (χ0) is 9.97. The molecule has 0 aromatic heterocycles. The lowest BCUT2D eigenvalue weighted by molar-refractivity contribution is -0.127. The van der Waals surface area contributed by atoms with E-state index in [1.807, 2.05) is 0 Å². The van der Waals surface area contributed by atoms with Crippen LogP contribution in [-0.4, -0.2) is 37.6 Å². The van der Waals surface area contributed by atoms with Crippen LogP contribution in [-0.2, 0) is 4.79 Å². The van der Waals surface area contributed by atoms with Gasteiger partial charge in [-0.25, -0.2) is 0 Å². The van der Waals surface area contributed by atoms with Crippen molar-refractivity contribution in [3.05, 3.63) is 0 Å². The highest BCUT2D eigenvalue weighted by Crippen LogP contribution is 2.16. The molecule has 4 nitrogen and oxygen atoms in total. The van der Waals surface area contributed by atoms with E-state index in [9.17, 15) is 4.79 Å². The Morgan fingerprint density at radius 3 is 2.79 bits per heavy atom. The summed E-state index contributed by atoms with van der Waals surface area (Å²) < 4.78 is 0. The molecule has 0 unspecified atom stereocenters. The third-order valence-corrected chi connectivity index (χ3v) is 3.23. The zero-order valence-electron chi connectivity index (χ0n) is 8.68. The Morgan fingerprint density at radius 1 is 1.43 bits per heavy atom. The van der Waals surface area contributed by atoms with Crippen molar-refractivity contribution in [2.45, 2.75) is 31.8 Å². The number of carbonyl (C=O) groups excluding carboxylic acids is 1. The second-order valence-corrected chi connectivity index (χ2v) is 4.36. The molecular formula is C10H19N3O. The van der Waals surface area contributed by atoms with Gasteiger partial charge in [0.25, 0.3) is 0 Å². The van der Waals surface area contributed by atoms with E-state index in [2.05, 4.69) is 22.9 Å². The zero-order valence-corrected chi connectivity index (χ0v) is 8.68. The molecule has 14 heavy (non-hydrogen) atoms. The topological polar surface area (TPSA) is 53.2 Å². The van der Waals surface area contributed by atoms with Gasteiger partial charge in [0.2, 0.25) is 5.91 Å². The SMILES string of the molecule is C[C@H]1NCCC[C@H]1C(=O)NC1CNC1. The third kappa shape index (κ3) is 2.07. The summed E-state index contributed by atoms with van der Waals surface area (Å²) in [6.45, 7) is 5.01. The molecule has 0 spiro atoms. The summed E-state index contributed by atoms with van der Waals surface area (Å²) in [5, 5.41) is 9.57. The minimum absolute atomic E-state index is 0.171. The van der Waals surface area contributed by atoms with Crippen LogP contribution in [0.25, 0.3) is 0 Å². The standard InChI is InChI=1S/C10H19N3O/c1-7-9(3-2-4-12-7)10(14)13-8-5-11-6-8/h7-9,11-12H,2-6H2,1H3,(H,13,14)/t7-,9-/m1/s1. The molecule has 2 atom stereocenters. The van der Waals surface area contributed by atoms with Gasteiger partial charge in [-0.05, 0) is 26.3 Å². The van der Waals surface area contributed by atoms with E-state index in [0.29, 0.717) is 12.1 Å². The van der Waals surface area contributed by atoms with Crippen molar-refractivity contribution < 1.29 is 4.79 Å². The lowest BCUT2D eigenvalue weighted by atomic mass is 9.91. The number of hydrogen-bond acceptors (Lipinski definition) is 3. The van der Waals surface area contributed by atoms with Gasteiger partial charge in [-0.15, -0.1) is 0 Å². The summed E-state index contributed by atoms with van der Waals surface area (Å²) in [6, 6.07) is 0.702. The first-order chi connectivity index (χ1) is 6.77. The molecular weight excluding hydrogens is 178 g/mol. The van der Waals surface area contributed by atoms with Crippen LogP contribution >= 0.6 is 0 Å². The minimum atomic E-state index is 0.171. The van der Waals surface area contributed by atoms with E-state index in [1.54, 1.807) is 0 Å². The Morgan fingerprint density at radius 2 is 2.21 bits per heavy atom. The van der Waals surface area contributed by atoms with Gasteiger partial charge in [-0.1, -0.05) is 0 Å². The monoisotopic (exact) mass is 197 g/mol. The molecule has 3 N–H and O–H groups in total. The second-order valence-electron chi connectivity index (χ2n) is 4.36. The van der Waals surface area contributed by atoms with Crippen LogP contribution in [0.15, 0.2) is 0 Å². The molecule has 2 saturated heterocycles. The van der Waals surface area contributed by atoms with Crippen LogP contribution in [0.1, 0.15) is 19.8 Å². The van der Waals surface area contributed by atoms with Crippen LogP contribution in [0.5, 0.6) is 0 Å². The summed E-state index contributed by atoms with van der Waals surface area (Å²) in [6.07, 6.45) is 2.14. The predicted octanol–water partition coefficient (Wildman–Crippen LogP) is -0.537. The fourth-order valence-electron chi connectivity index (χ4n) is 2.10. The van der Waals surface area contributed by atoms with Crippen LogP contribution in [0.4, 0.5) is 0 Å². The Kier molecular flexibility index (Phi) is 3.03. The van der Waals surface area contributed by atoms with Crippen molar-refractivity contribution in [2.75, 3.05) is 19.6 Å². The highest BCUT2D eigenvalue weighted by molar-refractivity contribution is 5.79. The van der Waals surface area contributed by atoms with Crippen molar-refractivity contribution in [1.29, 1.82) is 0 Å². The fraction of sp³-hybridized carbons (Fsp3) is 0.900. The van der Waals surface area contributed by atoms with Crippen molar-refractivity contribution in [2.24, 2.45) is 5.92 Å². The molecule has 0 saturated carbocycles. The normalized spacial score (nSPS) is 33.5. The van der Waals surface area contributed by atoms with Crippen molar-refractivity contribution in [1.82, 2.24) is 16.0 Å². The maximum atomic E-state index is 11.8. The first kappa shape index (κ1) is 9.93. The molecule has 2 heterocycles. The summed E-state index contributed by atoms with van der Waals surface area (Å²) in [5.74, 6) is 0.403. The molecule has 2 aliphatic rings. The Balaban J connectivity index is 1.82. The van der Waals surface area contributed by atoms with Gasteiger partial charge in [0.05, 0.1) is 12.0 Å². The Labute approximate surface area is 84.8 Å². The van der Waals surface area contributed by atoms with Crippen LogP contribution in [0.3, 0.4) is 0 Å². The molecule has 2 fully saturated rings.